The summed E-state index contributed by atoms with van der Waals surface area (Å²) in [5.74, 6) is 1.74. The maximum absolute atomic E-state index is 12.3. The van der Waals surface area contributed by atoms with Crippen LogP contribution < -0.4 is 9.47 Å². The van der Waals surface area contributed by atoms with Gasteiger partial charge in [-0.25, -0.2) is 0 Å². The Morgan fingerprint density at radius 3 is 2.59 bits per heavy atom. The standard InChI is InChI=1S/C31H43NO5/c1-18(33)36-21-10-9-20-15-23-29-11-12-31(35-6,22(16-29)28(5,34)27(2,3)4)26-30(29,24(20)25(21)37-26)13-14-32(23)17-19-7-8-19/h9-10,19,22-23,26,34H,7-8,11-17H2,1-6H3/t22-,23-,26-,28+,29-,30+,31-/m1/s1. The van der Waals surface area contributed by atoms with Crippen molar-refractivity contribution in [2.24, 2.45) is 22.7 Å². The van der Waals surface area contributed by atoms with Crippen LogP contribution in [0.2, 0.25) is 0 Å². The number of methoxy groups -OCH3 is 1. The lowest BCUT2D eigenvalue weighted by Crippen LogP contribution is -2.83. The molecule has 0 radical (unpaired) electrons. The van der Waals surface area contributed by atoms with Gasteiger partial charge in [-0.3, -0.25) is 9.69 Å². The first-order valence-corrected chi connectivity index (χ1v) is 14.4. The Morgan fingerprint density at radius 1 is 1.19 bits per heavy atom. The minimum Gasteiger partial charge on any atom is -0.482 e. The number of nitrogens with zero attached hydrogens (tertiary/aromatic N) is 1. The Kier molecular flexibility index (Phi) is 4.82. The van der Waals surface area contributed by atoms with Crippen LogP contribution in [0, 0.1) is 22.7 Å². The van der Waals surface area contributed by atoms with Gasteiger partial charge in [0.15, 0.2) is 11.5 Å². The van der Waals surface area contributed by atoms with E-state index in [1.807, 2.05) is 20.1 Å². The molecule has 7 aliphatic rings. The van der Waals surface area contributed by atoms with Crippen molar-refractivity contribution in [3.63, 3.8) is 0 Å². The van der Waals surface area contributed by atoms with Gasteiger partial charge in [0.2, 0.25) is 0 Å². The third kappa shape index (κ3) is 2.80. The summed E-state index contributed by atoms with van der Waals surface area (Å²) in [5, 5.41) is 12.3. The summed E-state index contributed by atoms with van der Waals surface area (Å²) in [7, 11) is 1.82. The van der Waals surface area contributed by atoms with Gasteiger partial charge < -0.3 is 19.3 Å². The van der Waals surface area contributed by atoms with Crippen LogP contribution in [0.15, 0.2) is 12.1 Å². The van der Waals surface area contributed by atoms with E-state index in [-0.39, 0.29) is 34.2 Å². The number of fused-ring (bicyclic) bond motifs is 2. The second kappa shape index (κ2) is 7.31. The molecule has 4 saturated carbocycles. The second-order valence-electron chi connectivity index (χ2n) is 14.4. The fraction of sp³-hybridized carbons (Fsp3) is 0.774. The summed E-state index contributed by atoms with van der Waals surface area (Å²) in [6.07, 6.45) is 7.43. The smallest absolute Gasteiger partial charge is 0.308 e. The molecule has 0 unspecified atom stereocenters. The average molecular weight is 510 g/mol. The van der Waals surface area contributed by atoms with Crippen molar-refractivity contribution in [2.45, 2.75) is 108 Å². The Morgan fingerprint density at radius 2 is 1.95 bits per heavy atom. The van der Waals surface area contributed by atoms with Crippen LogP contribution in [0.4, 0.5) is 0 Å². The van der Waals surface area contributed by atoms with E-state index in [9.17, 15) is 9.90 Å². The minimum absolute atomic E-state index is 0.00189. The summed E-state index contributed by atoms with van der Waals surface area (Å²) in [4.78, 5) is 14.9. The van der Waals surface area contributed by atoms with E-state index >= 15 is 0 Å². The van der Waals surface area contributed by atoms with E-state index < -0.39 is 11.2 Å². The van der Waals surface area contributed by atoms with E-state index in [0.29, 0.717) is 11.8 Å². The molecule has 8 rings (SSSR count). The molecule has 0 amide bonds. The highest BCUT2D eigenvalue weighted by Crippen LogP contribution is 2.78. The highest BCUT2D eigenvalue weighted by molar-refractivity contribution is 5.73. The number of hydrogen-bond acceptors (Lipinski definition) is 6. The highest BCUT2D eigenvalue weighted by atomic mass is 16.6. The Hall–Kier alpha value is -1.63. The number of benzene rings is 1. The number of carbonyl (C=O) groups excluding carboxylic acids is 1. The molecule has 7 atom stereocenters. The van der Waals surface area contributed by atoms with Crippen LogP contribution in [-0.4, -0.2) is 59.5 Å². The van der Waals surface area contributed by atoms with E-state index in [0.717, 1.165) is 50.3 Å². The van der Waals surface area contributed by atoms with Crippen LogP contribution in [0.3, 0.4) is 0 Å². The molecule has 2 heterocycles. The SMILES string of the molecule is CO[C@]12CC[C@@]3(C[C@@H]1[C@](C)(O)C(C)(C)C)[C@H]1Cc4ccc(OC(C)=O)c5c4[C@@]3(CCN1CC1CC1)[C@H]2O5. The first-order chi connectivity index (χ1) is 17.4. The monoisotopic (exact) mass is 509 g/mol. The number of aliphatic hydroxyl groups is 1. The molecular weight excluding hydrogens is 466 g/mol. The number of likely N-dealkylation sites (tertiary alicyclic amines) is 1. The fourth-order valence-corrected chi connectivity index (χ4v) is 9.81. The summed E-state index contributed by atoms with van der Waals surface area (Å²) in [6.45, 7) is 12.2. The largest absolute Gasteiger partial charge is 0.482 e. The zero-order chi connectivity index (χ0) is 26.2. The molecule has 2 spiro atoms. The number of piperidine rings is 1. The maximum Gasteiger partial charge on any atom is 0.308 e. The highest BCUT2D eigenvalue weighted by Gasteiger charge is 2.82. The van der Waals surface area contributed by atoms with Gasteiger partial charge in [0, 0.05) is 48.9 Å². The normalized spacial score (nSPS) is 41.1. The Balaban J connectivity index is 1.47. The van der Waals surface area contributed by atoms with Gasteiger partial charge in [0.1, 0.15) is 11.7 Å². The zero-order valence-corrected chi connectivity index (χ0v) is 23.4. The predicted molar refractivity (Wildman–Crippen MR) is 140 cm³/mol. The molecule has 37 heavy (non-hydrogen) atoms. The molecule has 202 valence electrons. The first-order valence-electron chi connectivity index (χ1n) is 14.4. The Bertz CT molecular complexity index is 1170. The van der Waals surface area contributed by atoms with Crippen LogP contribution in [0.1, 0.15) is 84.3 Å². The molecule has 5 fully saturated rings. The zero-order valence-electron chi connectivity index (χ0n) is 23.4. The number of carbonyl (C=O) groups is 1. The van der Waals surface area contributed by atoms with Gasteiger partial charge >= 0.3 is 5.97 Å². The van der Waals surface area contributed by atoms with Crippen molar-refractivity contribution in [1.29, 1.82) is 0 Å². The number of rotatable bonds is 5. The van der Waals surface area contributed by atoms with Crippen LogP contribution in [0.25, 0.3) is 0 Å². The molecule has 6 heteroatoms. The van der Waals surface area contributed by atoms with Crippen molar-refractivity contribution >= 4 is 5.97 Å². The quantitative estimate of drug-likeness (QED) is 0.461. The van der Waals surface area contributed by atoms with Gasteiger partial charge in [-0.1, -0.05) is 26.8 Å². The van der Waals surface area contributed by atoms with Crippen LogP contribution in [0.5, 0.6) is 11.5 Å². The van der Waals surface area contributed by atoms with Crippen molar-refractivity contribution < 1.29 is 24.1 Å². The van der Waals surface area contributed by atoms with Crippen molar-refractivity contribution in [3.05, 3.63) is 23.3 Å². The lowest BCUT2D eigenvalue weighted by molar-refractivity contribution is -0.312. The molecule has 0 aromatic heterocycles. The summed E-state index contributed by atoms with van der Waals surface area (Å²) >= 11 is 0. The summed E-state index contributed by atoms with van der Waals surface area (Å²) in [5.41, 5.74) is 0.582. The molecule has 1 N–H and O–H groups in total. The first kappa shape index (κ1) is 24.4. The van der Waals surface area contributed by atoms with Gasteiger partial charge in [-0.15, -0.1) is 0 Å². The van der Waals surface area contributed by atoms with Crippen molar-refractivity contribution in [3.8, 4) is 11.5 Å². The average Bonchev–Trinajstić information content (AvgIpc) is 3.57. The maximum atomic E-state index is 12.3. The van der Waals surface area contributed by atoms with Gasteiger partial charge in [0.25, 0.3) is 0 Å². The van der Waals surface area contributed by atoms with Gasteiger partial charge in [-0.05, 0) is 81.4 Å². The molecule has 1 aromatic carbocycles. The van der Waals surface area contributed by atoms with Crippen LogP contribution >= 0.6 is 0 Å². The van der Waals surface area contributed by atoms with Crippen molar-refractivity contribution in [1.82, 2.24) is 4.90 Å². The second-order valence-corrected chi connectivity index (χ2v) is 14.4. The third-order valence-electron chi connectivity index (χ3n) is 12.1. The molecule has 1 aromatic rings. The lowest BCUT2D eigenvalue weighted by Gasteiger charge is -2.75. The minimum atomic E-state index is -0.940. The molecule has 5 aliphatic carbocycles. The van der Waals surface area contributed by atoms with Crippen LogP contribution in [-0.2, 0) is 21.4 Å². The molecule has 4 bridgehead atoms. The fourth-order valence-electron chi connectivity index (χ4n) is 9.81. The van der Waals surface area contributed by atoms with E-state index in [2.05, 4.69) is 31.7 Å². The third-order valence-corrected chi connectivity index (χ3v) is 12.1. The summed E-state index contributed by atoms with van der Waals surface area (Å²) < 4.78 is 19.4. The molecular formula is C31H43NO5. The molecule has 6 nitrogen and oxygen atoms in total. The number of esters is 1. The Labute approximate surface area is 221 Å². The van der Waals surface area contributed by atoms with E-state index in [1.165, 1.54) is 37.4 Å². The lowest BCUT2D eigenvalue weighted by atomic mass is 9.33. The number of hydrogen-bond donors (Lipinski definition) is 1. The molecule has 1 saturated heterocycles. The van der Waals surface area contributed by atoms with Gasteiger partial charge in [-0.2, -0.15) is 0 Å². The predicted octanol–water partition coefficient (Wildman–Crippen LogP) is 4.63. The number of ether oxygens (including phenoxy) is 3. The van der Waals surface area contributed by atoms with E-state index in [1.54, 1.807) is 0 Å². The van der Waals surface area contributed by atoms with Gasteiger partial charge in [0.05, 0.1) is 5.60 Å². The summed E-state index contributed by atoms with van der Waals surface area (Å²) in [6, 6.07) is 4.56. The molecule has 2 aliphatic heterocycles. The van der Waals surface area contributed by atoms with E-state index in [4.69, 9.17) is 14.2 Å². The topological polar surface area (TPSA) is 68.2 Å². The van der Waals surface area contributed by atoms with Crippen molar-refractivity contribution in [2.75, 3.05) is 20.2 Å².